The van der Waals surface area contributed by atoms with Crippen molar-refractivity contribution in [2.24, 2.45) is 10.7 Å². The fourth-order valence-electron chi connectivity index (χ4n) is 2.76. The minimum Gasteiger partial charge on any atom is -0.387 e. The number of aromatic nitrogens is 3. The average Bonchev–Trinajstić information content (AvgIpc) is 3.11. The van der Waals surface area contributed by atoms with Crippen LogP contribution in [-0.2, 0) is 11.0 Å². The van der Waals surface area contributed by atoms with E-state index in [2.05, 4.69) is 15.2 Å². The minimum atomic E-state index is -0.966. The van der Waals surface area contributed by atoms with Crippen molar-refractivity contribution in [2.45, 2.75) is 44.6 Å². The number of hydrogen-bond donors (Lipinski definition) is 2. The van der Waals surface area contributed by atoms with Crippen molar-refractivity contribution in [3.05, 3.63) is 29.7 Å². The van der Waals surface area contributed by atoms with Crippen molar-refractivity contribution in [3.8, 4) is 0 Å². The first-order chi connectivity index (χ1) is 9.90. The lowest BCUT2D eigenvalue weighted by Gasteiger charge is -2.18. The molecule has 3 N–H and O–H groups in total. The largest absolute Gasteiger partial charge is 0.387 e. The molecule has 0 unspecified atom stereocenters. The summed E-state index contributed by atoms with van der Waals surface area (Å²) >= 11 is 0. The molecule has 3 rings (SSSR count). The van der Waals surface area contributed by atoms with Gasteiger partial charge in [0.15, 0.2) is 11.5 Å². The van der Waals surface area contributed by atoms with Gasteiger partial charge in [0.1, 0.15) is 5.84 Å². The maximum atomic E-state index is 10.3. The molecule has 0 bridgehead atoms. The van der Waals surface area contributed by atoms with Gasteiger partial charge in [0.2, 0.25) is 0 Å². The monoisotopic (exact) mass is 287 g/mol. The summed E-state index contributed by atoms with van der Waals surface area (Å²) in [5.74, 6) is 1.45. The summed E-state index contributed by atoms with van der Waals surface area (Å²) in [6.45, 7) is 6.13. The Kier molecular flexibility index (Phi) is 3.02. The molecule has 1 aliphatic carbocycles. The van der Waals surface area contributed by atoms with Gasteiger partial charge in [-0.25, -0.2) is 0 Å². The van der Waals surface area contributed by atoms with Gasteiger partial charge in [0.05, 0.1) is 11.0 Å². The Bertz CT molecular complexity index is 706. The second kappa shape index (κ2) is 4.53. The summed E-state index contributed by atoms with van der Waals surface area (Å²) in [6.07, 6.45) is 3.80. The van der Waals surface area contributed by atoms with Crippen LogP contribution in [0.1, 0.15) is 45.0 Å². The lowest BCUT2D eigenvalue weighted by molar-refractivity contribution is 0.0796. The van der Waals surface area contributed by atoms with Crippen molar-refractivity contribution >= 4 is 11.5 Å². The smallest absolute Gasteiger partial charge is 0.166 e. The van der Waals surface area contributed by atoms with Gasteiger partial charge in [0.25, 0.3) is 0 Å². The molecule has 1 saturated carbocycles. The second-order valence-electron chi connectivity index (χ2n) is 6.14. The number of hydrogen-bond acceptors (Lipinski definition) is 4. The van der Waals surface area contributed by atoms with E-state index >= 15 is 0 Å². The molecular weight excluding hydrogens is 266 g/mol. The molecule has 1 fully saturated rings. The second-order valence-corrected chi connectivity index (χ2v) is 6.14. The van der Waals surface area contributed by atoms with Crippen molar-refractivity contribution in [1.82, 2.24) is 14.6 Å². The fourth-order valence-corrected chi connectivity index (χ4v) is 2.76. The van der Waals surface area contributed by atoms with E-state index in [1.54, 1.807) is 13.8 Å². The normalized spacial score (nSPS) is 18.2. The highest BCUT2D eigenvalue weighted by molar-refractivity contribution is 5.94. The third-order valence-corrected chi connectivity index (χ3v) is 4.09. The van der Waals surface area contributed by atoms with E-state index in [1.807, 2.05) is 29.7 Å². The highest BCUT2D eigenvalue weighted by Crippen LogP contribution is 2.47. The minimum absolute atomic E-state index is 0.284. The number of amidine groups is 1. The molecule has 0 saturated heterocycles. The van der Waals surface area contributed by atoms with E-state index in [1.165, 1.54) is 0 Å². The molecule has 2 aromatic rings. The number of aliphatic hydroxyl groups is 1. The van der Waals surface area contributed by atoms with E-state index in [9.17, 15) is 5.11 Å². The van der Waals surface area contributed by atoms with Crippen molar-refractivity contribution in [2.75, 3.05) is 6.54 Å². The molecular formula is C15H21N5O. The zero-order chi connectivity index (χ0) is 15.3. The van der Waals surface area contributed by atoms with E-state index in [4.69, 9.17) is 5.73 Å². The predicted octanol–water partition coefficient (Wildman–Crippen LogP) is 1.37. The molecule has 112 valence electrons. The van der Waals surface area contributed by atoms with E-state index in [0.29, 0.717) is 18.0 Å². The number of nitrogens with two attached hydrogens (primary N) is 1. The van der Waals surface area contributed by atoms with Crippen LogP contribution in [-0.4, -0.2) is 32.1 Å². The zero-order valence-electron chi connectivity index (χ0n) is 12.7. The topological polar surface area (TPSA) is 88.8 Å². The maximum absolute atomic E-state index is 10.3. The van der Waals surface area contributed by atoms with Crippen molar-refractivity contribution in [1.29, 1.82) is 0 Å². The number of pyridine rings is 1. The predicted molar refractivity (Wildman–Crippen MR) is 81.3 cm³/mol. The first-order valence-corrected chi connectivity index (χ1v) is 7.27. The molecule has 0 aromatic carbocycles. The van der Waals surface area contributed by atoms with Gasteiger partial charge < -0.3 is 10.8 Å². The van der Waals surface area contributed by atoms with Gasteiger partial charge in [-0.1, -0.05) is 6.07 Å². The van der Waals surface area contributed by atoms with E-state index < -0.39 is 5.60 Å². The summed E-state index contributed by atoms with van der Waals surface area (Å²) in [4.78, 5) is 4.36. The maximum Gasteiger partial charge on any atom is 0.166 e. The van der Waals surface area contributed by atoms with Crippen LogP contribution in [0.2, 0.25) is 0 Å². The summed E-state index contributed by atoms with van der Waals surface area (Å²) in [5.41, 5.74) is 6.33. The standard InChI is InChI=1S/C15H21N5O/c1-4-17-12(16)15(7-8-15)13-19-18-11-10(14(2,3)21)6-5-9-20(11)13/h5-6,9,21H,4,7-8H2,1-3H3,(H2,16,17). The SMILES string of the molecule is CCN=C(N)C1(c2nnc3c(C(C)(C)O)cccn23)CC1. The number of rotatable bonds is 4. The molecule has 21 heavy (non-hydrogen) atoms. The van der Waals surface area contributed by atoms with E-state index in [0.717, 1.165) is 24.2 Å². The number of nitrogens with zero attached hydrogens (tertiary/aromatic N) is 4. The Labute approximate surface area is 123 Å². The van der Waals surface area contributed by atoms with Gasteiger partial charge in [-0.15, -0.1) is 10.2 Å². The van der Waals surface area contributed by atoms with Gasteiger partial charge in [-0.2, -0.15) is 0 Å². The molecule has 6 nitrogen and oxygen atoms in total. The van der Waals surface area contributed by atoms with Crippen molar-refractivity contribution < 1.29 is 5.11 Å². The van der Waals surface area contributed by atoms with Gasteiger partial charge in [0, 0.05) is 18.3 Å². The van der Waals surface area contributed by atoms with Crippen LogP contribution in [0.5, 0.6) is 0 Å². The Balaban J connectivity index is 2.17. The summed E-state index contributed by atoms with van der Waals surface area (Å²) < 4.78 is 1.93. The zero-order valence-corrected chi connectivity index (χ0v) is 12.7. The summed E-state index contributed by atoms with van der Waals surface area (Å²) in [5, 5.41) is 18.9. The van der Waals surface area contributed by atoms with Gasteiger partial charge in [-0.3, -0.25) is 9.39 Å². The lowest BCUT2D eigenvalue weighted by atomic mass is 9.99. The summed E-state index contributed by atoms with van der Waals surface area (Å²) in [7, 11) is 0. The molecule has 6 heteroatoms. The number of aliphatic imine (C=N–C) groups is 1. The van der Waals surface area contributed by atoms with Gasteiger partial charge in [-0.05, 0) is 39.7 Å². The molecule has 0 spiro atoms. The molecule has 0 amide bonds. The molecule has 0 radical (unpaired) electrons. The molecule has 2 aromatic heterocycles. The van der Waals surface area contributed by atoms with Gasteiger partial charge >= 0.3 is 0 Å². The van der Waals surface area contributed by atoms with Crippen LogP contribution >= 0.6 is 0 Å². The third-order valence-electron chi connectivity index (χ3n) is 4.09. The van der Waals surface area contributed by atoms with Crippen LogP contribution in [0.4, 0.5) is 0 Å². The van der Waals surface area contributed by atoms with E-state index in [-0.39, 0.29) is 5.41 Å². The average molecular weight is 287 g/mol. The van der Waals surface area contributed by atoms with Crippen LogP contribution in [0, 0.1) is 0 Å². The Morgan fingerprint density at radius 3 is 2.76 bits per heavy atom. The Hall–Kier alpha value is -1.95. The Morgan fingerprint density at radius 1 is 1.48 bits per heavy atom. The number of fused-ring (bicyclic) bond motifs is 1. The van der Waals surface area contributed by atoms with Crippen LogP contribution < -0.4 is 5.73 Å². The quantitative estimate of drug-likeness (QED) is 0.656. The Morgan fingerprint density at radius 2 is 2.19 bits per heavy atom. The summed E-state index contributed by atoms with van der Waals surface area (Å²) in [6, 6.07) is 3.77. The highest BCUT2D eigenvalue weighted by Gasteiger charge is 2.52. The van der Waals surface area contributed by atoms with Crippen LogP contribution in [0.25, 0.3) is 5.65 Å². The first kappa shape index (κ1) is 14.0. The van der Waals surface area contributed by atoms with Crippen molar-refractivity contribution in [3.63, 3.8) is 0 Å². The molecule has 1 aliphatic rings. The highest BCUT2D eigenvalue weighted by atomic mass is 16.3. The van der Waals surface area contributed by atoms with Crippen LogP contribution in [0.15, 0.2) is 23.3 Å². The molecule has 0 aliphatic heterocycles. The first-order valence-electron chi connectivity index (χ1n) is 7.27. The molecule has 2 heterocycles. The fraction of sp³-hybridized carbons (Fsp3) is 0.533. The third kappa shape index (κ3) is 2.10. The molecule has 0 atom stereocenters. The van der Waals surface area contributed by atoms with Crippen LogP contribution in [0.3, 0.4) is 0 Å². The lowest BCUT2D eigenvalue weighted by Crippen LogP contribution is -2.31.